The van der Waals surface area contributed by atoms with E-state index in [1.54, 1.807) is 0 Å². The van der Waals surface area contributed by atoms with E-state index in [1.807, 2.05) is 6.33 Å². The fourth-order valence-electron chi connectivity index (χ4n) is 6.45. The number of alkyl halides is 3. The van der Waals surface area contributed by atoms with Crippen LogP contribution < -0.4 is 21.7 Å². The summed E-state index contributed by atoms with van der Waals surface area (Å²) in [6.45, 7) is 0.743. The van der Waals surface area contributed by atoms with Crippen molar-refractivity contribution in [2.24, 2.45) is 5.73 Å². The highest BCUT2D eigenvalue weighted by atomic mass is 35.5. The number of aromatic nitrogens is 4. The van der Waals surface area contributed by atoms with Crippen LogP contribution in [0.15, 0.2) is 24.5 Å². The molecule has 0 spiro atoms. The first-order chi connectivity index (χ1) is 20.6. The van der Waals surface area contributed by atoms with Gasteiger partial charge >= 0.3 is 12.2 Å². The number of fused-ring (bicyclic) bond motifs is 1. The lowest BCUT2D eigenvalue weighted by Gasteiger charge is -2.33. The maximum absolute atomic E-state index is 13.5. The van der Waals surface area contributed by atoms with E-state index >= 15 is 0 Å². The first-order valence-electron chi connectivity index (χ1n) is 15.1. The molecule has 0 atom stereocenters. The predicted octanol–water partition coefficient (Wildman–Crippen LogP) is 7.25. The number of likely N-dealkylation sites (tertiary alicyclic amines) is 1. The minimum Gasteiger partial charge on any atom is -0.365 e. The monoisotopic (exact) mass is 691 g/mol. The number of hydrogen-bond acceptors (Lipinski definition) is 7. The molecule has 0 bridgehead atoms. The second-order valence-corrected chi connectivity index (χ2v) is 12.4. The van der Waals surface area contributed by atoms with E-state index in [4.69, 9.17) is 32.3 Å². The summed E-state index contributed by atoms with van der Waals surface area (Å²) in [4.78, 5) is 28.9. The van der Waals surface area contributed by atoms with Crippen molar-refractivity contribution >= 4 is 71.1 Å². The number of urea groups is 1. The smallest absolute Gasteiger partial charge is 0.365 e. The number of nitrogens with one attached hydrogen (secondary N) is 3. The van der Waals surface area contributed by atoms with Crippen LogP contribution in [0.1, 0.15) is 75.8 Å². The zero-order valence-electron chi connectivity index (χ0n) is 24.7. The van der Waals surface area contributed by atoms with E-state index in [0.29, 0.717) is 49.3 Å². The lowest BCUT2D eigenvalue weighted by Crippen LogP contribution is -2.44. The molecule has 5 N–H and O–H groups in total. The molecule has 6 rings (SSSR count). The fraction of sp³-hybridized carbons (Fsp3) is 0.586. The Labute approximate surface area is 277 Å². The minimum absolute atomic E-state index is 0. The molecule has 2 aliphatic carbocycles. The summed E-state index contributed by atoms with van der Waals surface area (Å²) < 4.78 is 42.7. The average Bonchev–Trinajstić information content (AvgIpc) is 3.65. The van der Waals surface area contributed by atoms with Crippen LogP contribution >= 0.6 is 36.4 Å². The third-order valence-electron chi connectivity index (χ3n) is 8.90. The number of benzene rings is 1. The second kappa shape index (κ2) is 14.8. The molecule has 3 fully saturated rings. The topological polar surface area (TPSA) is 126 Å². The van der Waals surface area contributed by atoms with Gasteiger partial charge in [0.25, 0.3) is 0 Å². The van der Waals surface area contributed by atoms with Crippen LogP contribution in [0.2, 0.25) is 5.02 Å². The van der Waals surface area contributed by atoms with Crippen molar-refractivity contribution in [1.29, 1.82) is 0 Å². The van der Waals surface area contributed by atoms with E-state index in [0.717, 1.165) is 50.2 Å². The van der Waals surface area contributed by atoms with Gasteiger partial charge in [-0.15, -0.1) is 24.8 Å². The molecule has 3 aromatic rings. The van der Waals surface area contributed by atoms with E-state index in [-0.39, 0.29) is 53.6 Å². The molecular weight excluding hydrogens is 654 g/mol. The summed E-state index contributed by atoms with van der Waals surface area (Å²) in [6, 6.07) is 3.61. The number of nitrogens with zero attached hydrogens (tertiary/aromatic N) is 5. The molecule has 248 valence electrons. The van der Waals surface area contributed by atoms with Crippen molar-refractivity contribution in [3.8, 4) is 0 Å². The van der Waals surface area contributed by atoms with Crippen molar-refractivity contribution in [3.05, 3.63) is 35.1 Å². The van der Waals surface area contributed by atoms with Gasteiger partial charge in [-0.2, -0.15) is 23.1 Å². The number of anilines is 3. The third-order valence-corrected chi connectivity index (χ3v) is 9.13. The van der Waals surface area contributed by atoms with Gasteiger partial charge < -0.3 is 31.2 Å². The van der Waals surface area contributed by atoms with Crippen LogP contribution in [0, 0.1) is 0 Å². The van der Waals surface area contributed by atoms with Crippen LogP contribution in [0.25, 0.3) is 11.2 Å². The number of amides is 2. The quantitative estimate of drug-likeness (QED) is 0.215. The number of nitrogens with two attached hydrogens (primary N) is 1. The standard InChI is InChI=1S/C29H37ClF3N9O.2ClH/c30-17-5-10-23(22(15-17)29(31,32)33)38-28(43)41-13-11-20(12-14-41)36-25-24-26(42(16-35-24)21-3-1-2-4-21)40-27(39-25)37-19-8-6-18(34)7-9-19;;/h5,10,15-16,18-21H,1-4,6-9,11-14,34H2,(H,38,43)(H2,36,37,39,40);2*1H. The van der Waals surface area contributed by atoms with Crippen molar-refractivity contribution < 1.29 is 18.0 Å². The lowest BCUT2D eigenvalue weighted by atomic mass is 9.92. The number of halogens is 6. The molecule has 2 aromatic heterocycles. The Kier molecular flexibility index (Phi) is 11.5. The molecule has 3 aliphatic rings. The van der Waals surface area contributed by atoms with Crippen molar-refractivity contribution in [1.82, 2.24) is 24.4 Å². The second-order valence-electron chi connectivity index (χ2n) is 11.9. The number of carbonyl (C=O) groups is 1. The summed E-state index contributed by atoms with van der Waals surface area (Å²) in [5.41, 5.74) is 6.33. The van der Waals surface area contributed by atoms with E-state index in [9.17, 15) is 18.0 Å². The van der Waals surface area contributed by atoms with E-state index < -0.39 is 17.8 Å². The SMILES string of the molecule is Cl.Cl.NC1CCC(Nc2nc(NC3CCN(C(=O)Nc4ccc(Cl)cc4C(F)(F)F)CC3)c3ncn(C4CCCC4)c3n2)CC1. The van der Waals surface area contributed by atoms with Gasteiger partial charge in [0.1, 0.15) is 0 Å². The first kappa shape index (κ1) is 35.1. The van der Waals surface area contributed by atoms with Gasteiger partial charge in [0.15, 0.2) is 17.0 Å². The molecule has 1 aliphatic heterocycles. The Morgan fingerprint density at radius 2 is 1.60 bits per heavy atom. The number of carbonyl (C=O) groups excluding carboxylic acids is 1. The molecule has 2 amide bonds. The normalized spacial score (nSPS) is 21.2. The Balaban J connectivity index is 0.00000230. The highest BCUT2D eigenvalue weighted by Gasteiger charge is 2.35. The van der Waals surface area contributed by atoms with E-state index in [2.05, 4.69) is 20.5 Å². The Bertz CT molecular complexity index is 1450. The maximum Gasteiger partial charge on any atom is 0.418 e. The molecular formula is C29H39Cl3F3N9O. The van der Waals surface area contributed by atoms with Crippen molar-refractivity contribution in [3.63, 3.8) is 0 Å². The minimum atomic E-state index is -4.64. The molecule has 16 heteroatoms. The largest absolute Gasteiger partial charge is 0.418 e. The first-order valence-corrected chi connectivity index (χ1v) is 15.5. The van der Waals surface area contributed by atoms with Crippen LogP contribution in [0.3, 0.4) is 0 Å². The van der Waals surface area contributed by atoms with Crippen molar-refractivity contribution in [2.75, 3.05) is 29.0 Å². The predicted molar refractivity (Wildman–Crippen MR) is 175 cm³/mol. The third kappa shape index (κ3) is 8.16. The summed E-state index contributed by atoms with van der Waals surface area (Å²) in [6.07, 6.45) is 6.85. The van der Waals surface area contributed by atoms with Crippen LogP contribution in [-0.4, -0.2) is 61.7 Å². The summed E-state index contributed by atoms with van der Waals surface area (Å²) in [5.74, 6) is 1.21. The summed E-state index contributed by atoms with van der Waals surface area (Å²) >= 11 is 5.77. The molecule has 1 aromatic carbocycles. The zero-order chi connectivity index (χ0) is 30.1. The zero-order valence-corrected chi connectivity index (χ0v) is 27.0. The molecule has 1 saturated heterocycles. The summed E-state index contributed by atoms with van der Waals surface area (Å²) in [5, 5.41) is 9.45. The highest BCUT2D eigenvalue weighted by molar-refractivity contribution is 6.30. The molecule has 3 heterocycles. The van der Waals surface area contributed by atoms with Gasteiger partial charge in [0, 0.05) is 42.3 Å². The Morgan fingerprint density at radius 1 is 0.933 bits per heavy atom. The molecule has 45 heavy (non-hydrogen) atoms. The fourth-order valence-corrected chi connectivity index (χ4v) is 6.62. The summed E-state index contributed by atoms with van der Waals surface area (Å²) in [7, 11) is 0. The van der Waals surface area contributed by atoms with E-state index in [1.165, 1.54) is 29.9 Å². The van der Waals surface area contributed by atoms with Gasteiger partial charge in [0.05, 0.1) is 17.6 Å². The number of rotatable bonds is 6. The molecule has 10 nitrogen and oxygen atoms in total. The van der Waals surface area contributed by atoms with Gasteiger partial charge in [-0.05, 0) is 69.6 Å². The Hall–Kier alpha value is -2.74. The molecule has 0 radical (unpaired) electrons. The van der Waals surface area contributed by atoms with Gasteiger partial charge in [-0.3, -0.25) is 0 Å². The number of imidazole rings is 1. The van der Waals surface area contributed by atoms with Crippen LogP contribution in [0.5, 0.6) is 0 Å². The average molecular weight is 693 g/mol. The number of hydrogen-bond donors (Lipinski definition) is 4. The lowest BCUT2D eigenvalue weighted by molar-refractivity contribution is -0.136. The number of piperidine rings is 1. The highest BCUT2D eigenvalue weighted by Crippen LogP contribution is 2.37. The maximum atomic E-state index is 13.5. The van der Waals surface area contributed by atoms with Gasteiger partial charge in [-0.1, -0.05) is 24.4 Å². The van der Waals surface area contributed by atoms with Crippen LogP contribution in [-0.2, 0) is 6.18 Å². The molecule has 2 saturated carbocycles. The van der Waals surface area contributed by atoms with Gasteiger partial charge in [-0.25, -0.2) is 9.78 Å². The Morgan fingerprint density at radius 3 is 2.27 bits per heavy atom. The molecule has 0 unspecified atom stereocenters. The van der Waals surface area contributed by atoms with Crippen molar-refractivity contribution in [2.45, 2.75) is 94.6 Å². The van der Waals surface area contributed by atoms with Crippen LogP contribution in [0.4, 0.5) is 35.4 Å². The van der Waals surface area contributed by atoms with Gasteiger partial charge in [0.2, 0.25) is 5.95 Å².